The molecule has 2 fully saturated rings. The Labute approximate surface area is 382 Å². The molecule has 16 nitrogen and oxygen atoms in total. The monoisotopic (exact) mass is 900 g/mol. The molecule has 12 rings (SSSR count). The lowest BCUT2D eigenvalue weighted by Gasteiger charge is -2.23. The van der Waals surface area contributed by atoms with E-state index >= 15 is 0 Å². The standard InChI is InChI=1S/C47H48N16S2/c1-59-25-37(22-51-59)35-18-33-13-31(9-11-40(33)49-20-35)16-42-53-55-46-62(42)57-44(64-46)27-60(24-30-7-8-30)28-61-26-38(23-52-61)36-19-34-14-32(10-12-41(34)50-21-36)17-43-54-56-47-63(43)58-45(65-47)39(48)15-29-5-3-2-4-6-29/h9-14,18-23,25-26,29-30,39H,2-8,15-17,24,27-28,48H2,1H3/t39-/m1/s1. The maximum Gasteiger partial charge on any atom is 0.234 e. The lowest BCUT2D eigenvalue weighted by molar-refractivity contribution is 0.189. The van der Waals surface area contributed by atoms with Crippen LogP contribution in [-0.4, -0.2) is 80.6 Å². The summed E-state index contributed by atoms with van der Waals surface area (Å²) in [6.45, 7) is 2.34. The van der Waals surface area contributed by atoms with Crippen LogP contribution in [0.3, 0.4) is 0 Å². The average Bonchev–Trinajstić information content (AvgIpc) is 3.93. The van der Waals surface area contributed by atoms with Gasteiger partial charge in [-0.15, -0.1) is 20.4 Å². The van der Waals surface area contributed by atoms with Crippen LogP contribution in [0.4, 0.5) is 0 Å². The highest BCUT2D eigenvalue weighted by Gasteiger charge is 2.26. The smallest absolute Gasteiger partial charge is 0.234 e. The van der Waals surface area contributed by atoms with Crippen LogP contribution in [0.2, 0.25) is 0 Å². The normalized spacial score (nSPS) is 15.4. The molecule has 0 aliphatic heterocycles. The third-order valence-corrected chi connectivity index (χ3v) is 14.8. The highest BCUT2D eigenvalue weighted by atomic mass is 32.1. The second kappa shape index (κ2) is 16.9. The van der Waals surface area contributed by atoms with E-state index in [1.807, 2.05) is 51.7 Å². The molecule has 0 spiro atoms. The molecule has 2 aliphatic rings. The zero-order valence-corrected chi connectivity index (χ0v) is 37.7. The second-order valence-corrected chi connectivity index (χ2v) is 20.1. The molecule has 8 heterocycles. The van der Waals surface area contributed by atoms with Gasteiger partial charge in [0, 0.05) is 84.2 Å². The van der Waals surface area contributed by atoms with Gasteiger partial charge in [-0.1, -0.05) is 66.9 Å². The number of nitrogens with zero attached hydrogens (tertiary/aromatic N) is 15. The molecule has 0 radical (unpaired) electrons. The molecule has 0 unspecified atom stereocenters. The molecule has 10 aromatic rings. The molecule has 2 aromatic carbocycles. The van der Waals surface area contributed by atoms with Crippen molar-refractivity contribution in [2.45, 2.75) is 83.5 Å². The zero-order valence-electron chi connectivity index (χ0n) is 36.1. The lowest BCUT2D eigenvalue weighted by atomic mass is 9.85. The van der Waals surface area contributed by atoms with E-state index in [1.165, 1.54) is 44.9 Å². The molecule has 0 bridgehead atoms. The number of nitrogens with two attached hydrogens (primary N) is 1. The number of hydrogen-bond donors (Lipinski definition) is 1. The fraction of sp³-hybridized carbons (Fsp3) is 0.362. The summed E-state index contributed by atoms with van der Waals surface area (Å²) in [7, 11) is 1.92. The first-order valence-electron chi connectivity index (χ1n) is 22.6. The average molecular weight is 901 g/mol. The molecular formula is C47H48N16S2. The maximum atomic E-state index is 6.67. The number of aromatic nitrogens is 14. The lowest BCUT2D eigenvalue weighted by Crippen LogP contribution is -2.28. The Bertz CT molecular complexity index is 3310. The van der Waals surface area contributed by atoms with Gasteiger partial charge in [0.05, 0.1) is 42.7 Å². The van der Waals surface area contributed by atoms with Gasteiger partial charge in [0.25, 0.3) is 0 Å². The summed E-state index contributed by atoms with van der Waals surface area (Å²) in [4.78, 5) is 13.6. The van der Waals surface area contributed by atoms with Crippen molar-refractivity contribution in [1.82, 2.24) is 74.1 Å². The van der Waals surface area contributed by atoms with E-state index in [9.17, 15) is 0 Å². The van der Waals surface area contributed by atoms with Crippen molar-refractivity contribution in [2.75, 3.05) is 6.54 Å². The Balaban J connectivity index is 0.724. The van der Waals surface area contributed by atoms with E-state index in [2.05, 4.69) is 85.1 Å². The highest BCUT2D eigenvalue weighted by molar-refractivity contribution is 7.17. The van der Waals surface area contributed by atoms with Crippen molar-refractivity contribution < 1.29 is 0 Å². The van der Waals surface area contributed by atoms with Crippen molar-refractivity contribution in [3.05, 3.63) is 119 Å². The van der Waals surface area contributed by atoms with Crippen LogP contribution < -0.4 is 5.73 Å². The first kappa shape index (κ1) is 40.2. The Morgan fingerprint density at radius 3 is 1.98 bits per heavy atom. The fourth-order valence-electron chi connectivity index (χ4n) is 9.34. The summed E-state index contributed by atoms with van der Waals surface area (Å²) in [5.41, 5.74) is 14.9. The van der Waals surface area contributed by atoms with E-state index in [4.69, 9.17) is 31.0 Å². The number of rotatable bonds is 15. The fourth-order valence-corrected chi connectivity index (χ4v) is 11.1. The van der Waals surface area contributed by atoms with E-state index < -0.39 is 0 Å². The minimum absolute atomic E-state index is 0.0627. The Morgan fingerprint density at radius 2 is 1.32 bits per heavy atom. The highest BCUT2D eigenvalue weighted by Crippen LogP contribution is 2.34. The van der Waals surface area contributed by atoms with E-state index in [0.717, 1.165) is 99.7 Å². The molecular weight excluding hydrogens is 853 g/mol. The minimum atomic E-state index is -0.0627. The van der Waals surface area contributed by atoms with Crippen LogP contribution in [0.1, 0.15) is 90.2 Å². The molecule has 328 valence electrons. The van der Waals surface area contributed by atoms with E-state index in [0.29, 0.717) is 37.9 Å². The van der Waals surface area contributed by atoms with Crippen LogP contribution in [-0.2, 0) is 33.1 Å². The van der Waals surface area contributed by atoms with E-state index in [-0.39, 0.29) is 6.04 Å². The van der Waals surface area contributed by atoms with Gasteiger partial charge in [-0.2, -0.15) is 29.4 Å². The van der Waals surface area contributed by atoms with Crippen LogP contribution >= 0.6 is 22.7 Å². The second-order valence-electron chi connectivity index (χ2n) is 18.0. The van der Waals surface area contributed by atoms with Gasteiger partial charge >= 0.3 is 0 Å². The third kappa shape index (κ3) is 8.54. The van der Waals surface area contributed by atoms with Crippen molar-refractivity contribution in [3.63, 3.8) is 0 Å². The predicted octanol–water partition coefficient (Wildman–Crippen LogP) is 8.07. The molecule has 2 saturated carbocycles. The van der Waals surface area contributed by atoms with Gasteiger partial charge in [0.15, 0.2) is 11.6 Å². The zero-order chi connectivity index (χ0) is 43.4. The van der Waals surface area contributed by atoms with Gasteiger partial charge in [-0.25, -0.2) is 0 Å². The topological polar surface area (TPSA) is 177 Å². The number of fused-ring (bicyclic) bond motifs is 4. The quantitative estimate of drug-likeness (QED) is 0.105. The predicted molar refractivity (Wildman–Crippen MR) is 251 cm³/mol. The van der Waals surface area contributed by atoms with Crippen molar-refractivity contribution in [3.8, 4) is 22.3 Å². The summed E-state index contributed by atoms with van der Waals surface area (Å²) in [6, 6.07) is 17.1. The molecule has 65 heavy (non-hydrogen) atoms. The third-order valence-electron chi connectivity index (χ3n) is 12.9. The van der Waals surface area contributed by atoms with Crippen molar-refractivity contribution >= 4 is 54.4 Å². The van der Waals surface area contributed by atoms with E-state index in [1.54, 1.807) is 27.4 Å². The van der Waals surface area contributed by atoms with Crippen LogP contribution in [0.25, 0.3) is 54.0 Å². The van der Waals surface area contributed by atoms with Crippen LogP contribution in [0, 0.1) is 11.8 Å². The van der Waals surface area contributed by atoms with Crippen LogP contribution in [0.15, 0.2) is 85.7 Å². The molecule has 8 aromatic heterocycles. The van der Waals surface area contributed by atoms with Crippen molar-refractivity contribution in [1.29, 1.82) is 0 Å². The summed E-state index contributed by atoms with van der Waals surface area (Å²) >= 11 is 3.16. The first-order chi connectivity index (χ1) is 31.9. The summed E-state index contributed by atoms with van der Waals surface area (Å²) in [5.74, 6) is 3.01. The molecule has 2 aliphatic carbocycles. The summed E-state index contributed by atoms with van der Waals surface area (Å²) in [6.07, 6.45) is 23.0. The first-order valence-corrected chi connectivity index (χ1v) is 24.2. The Hall–Kier alpha value is -6.34. The largest absolute Gasteiger partial charge is 0.322 e. The Morgan fingerprint density at radius 1 is 0.677 bits per heavy atom. The van der Waals surface area contributed by atoms with Gasteiger partial charge < -0.3 is 5.73 Å². The SMILES string of the molecule is Cn1cc(-c2cnc3ccc(Cc4nnc5sc(CN(CC6CC6)Cn6cc(-c7cnc8ccc(Cc9nnc%10sc([C@H](N)CC%11CCCCC%11)nn9%10)cc8c7)cn6)nn45)cc3c2)cn1. The Kier molecular flexibility index (Phi) is 10.4. The summed E-state index contributed by atoms with van der Waals surface area (Å²) < 4.78 is 7.62. The number of aryl methyl sites for hydroxylation is 1. The molecule has 18 heteroatoms. The molecule has 0 saturated heterocycles. The molecule has 0 amide bonds. The molecule has 2 N–H and O–H groups in total. The van der Waals surface area contributed by atoms with Crippen LogP contribution in [0.5, 0.6) is 0 Å². The van der Waals surface area contributed by atoms with Gasteiger partial charge in [-0.3, -0.25) is 24.2 Å². The van der Waals surface area contributed by atoms with Gasteiger partial charge in [0.2, 0.25) is 9.92 Å². The van der Waals surface area contributed by atoms with Crippen molar-refractivity contribution in [2.24, 2.45) is 24.6 Å². The maximum absolute atomic E-state index is 6.67. The van der Waals surface area contributed by atoms with Gasteiger partial charge in [-0.05, 0) is 78.6 Å². The summed E-state index contributed by atoms with van der Waals surface area (Å²) in [5, 5.41) is 41.2. The number of hydrogen-bond acceptors (Lipinski definition) is 14. The number of pyridine rings is 2. The van der Waals surface area contributed by atoms with Gasteiger partial charge in [0.1, 0.15) is 10.0 Å². The number of benzene rings is 2. The minimum Gasteiger partial charge on any atom is -0.322 e. The molecule has 1 atom stereocenters.